The number of carbonyl (C=O) groups is 2. The molecule has 0 saturated carbocycles. The van der Waals surface area contributed by atoms with Gasteiger partial charge in [-0.3, -0.25) is 9.59 Å². The molecule has 0 atom stereocenters. The van der Waals surface area contributed by atoms with Crippen molar-refractivity contribution in [3.05, 3.63) is 89.0 Å². The molecule has 34 heavy (non-hydrogen) atoms. The Morgan fingerprint density at radius 3 is 1.85 bits per heavy atom. The lowest BCUT2D eigenvalue weighted by Crippen LogP contribution is -2.25. The van der Waals surface area contributed by atoms with Crippen molar-refractivity contribution in [2.24, 2.45) is 0 Å². The average molecular weight is 456 g/mol. The van der Waals surface area contributed by atoms with E-state index in [1.165, 1.54) is 13.2 Å². The van der Waals surface area contributed by atoms with Crippen LogP contribution in [-0.4, -0.2) is 25.5 Å². The van der Waals surface area contributed by atoms with Gasteiger partial charge in [-0.05, 0) is 61.9 Å². The van der Waals surface area contributed by atoms with Crippen molar-refractivity contribution in [1.29, 1.82) is 5.26 Å². The van der Waals surface area contributed by atoms with Gasteiger partial charge in [0.05, 0.1) is 7.11 Å². The molecule has 7 nitrogen and oxygen atoms in total. The monoisotopic (exact) mass is 455 g/mol. The number of anilines is 2. The maximum atomic E-state index is 13.1. The molecular weight excluding hydrogens is 430 g/mol. The Bertz CT molecular complexity index is 1180. The molecule has 3 aromatic rings. The second-order valence-corrected chi connectivity index (χ2v) is 7.56. The van der Waals surface area contributed by atoms with Crippen LogP contribution >= 0.6 is 0 Å². The third-order valence-corrected chi connectivity index (χ3v) is 4.90. The zero-order chi connectivity index (χ0) is 24.5. The van der Waals surface area contributed by atoms with Gasteiger partial charge in [-0.15, -0.1) is 0 Å². The normalized spacial score (nSPS) is 9.94. The highest BCUT2D eigenvalue weighted by molar-refractivity contribution is 6.28. The van der Waals surface area contributed by atoms with E-state index in [1.54, 1.807) is 42.5 Å². The SMILES string of the molecule is COc1cc(C=C(C(=O)Nc2ccc(C)cc2)C(=O)Nc2ccc(C)cc2)ccc1OCC#N. The van der Waals surface area contributed by atoms with Crippen LogP contribution in [0.4, 0.5) is 11.4 Å². The van der Waals surface area contributed by atoms with Gasteiger partial charge in [-0.2, -0.15) is 5.26 Å². The molecule has 0 aliphatic carbocycles. The highest BCUT2D eigenvalue weighted by Gasteiger charge is 2.20. The van der Waals surface area contributed by atoms with E-state index in [2.05, 4.69) is 10.6 Å². The van der Waals surface area contributed by atoms with Gasteiger partial charge < -0.3 is 20.1 Å². The summed E-state index contributed by atoms with van der Waals surface area (Å²) in [5.41, 5.74) is 3.71. The Labute approximate surface area is 198 Å². The fourth-order valence-electron chi connectivity index (χ4n) is 3.07. The van der Waals surface area contributed by atoms with Crippen LogP contribution in [0.1, 0.15) is 16.7 Å². The summed E-state index contributed by atoms with van der Waals surface area (Å²) >= 11 is 0. The first-order chi connectivity index (χ1) is 16.4. The molecule has 0 saturated heterocycles. The molecule has 2 N–H and O–H groups in total. The summed E-state index contributed by atoms with van der Waals surface area (Å²) in [5.74, 6) is -0.355. The molecule has 0 fully saturated rings. The Balaban J connectivity index is 1.94. The lowest BCUT2D eigenvalue weighted by molar-refractivity contribution is -0.118. The highest BCUT2D eigenvalue weighted by Crippen LogP contribution is 2.29. The number of carbonyl (C=O) groups excluding carboxylic acids is 2. The first-order valence-corrected chi connectivity index (χ1v) is 10.5. The molecule has 2 amide bonds. The van der Waals surface area contributed by atoms with Gasteiger partial charge in [0.2, 0.25) is 0 Å². The average Bonchev–Trinajstić information content (AvgIpc) is 2.84. The molecule has 0 spiro atoms. The van der Waals surface area contributed by atoms with Crippen molar-refractivity contribution >= 4 is 29.3 Å². The minimum absolute atomic E-state index is 0.0890. The van der Waals surface area contributed by atoms with Crippen LogP contribution in [0.15, 0.2) is 72.3 Å². The highest BCUT2D eigenvalue weighted by atomic mass is 16.5. The lowest BCUT2D eigenvalue weighted by Gasteiger charge is -2.12. The van der Waals surface area contributed by atoms with Gasteiger partial charge in [0.1, 0.15) is 11.6 Å². The van der Waals surface area contributed by atoms with Crippen LogP contribution in [-0.2, 0) is 9.59 Å². The van der Waals surface area contributed by atoms with Crippen molar-refractivity contribution < 1.29 is 19.1 Å². The van der Waals surface area contributed by atoms with E-state index in [4.69, 9.17) is 14.7 Å². The van der Waals surface area contributed by atoms with E-state index < -0.39 is 11.8 Å². The lowest BCUT2D eigenvalue weighted by atomic mass is 10.1. The Morgan fingerprint density at radius 1 is 0.853 bits per heavy atom. The Hall–Kier alpha value is -4.57. The van der Waals surface area contributed by atoms with Gasteiger partial charge in [-0.25, -0.2) is 0 Å². The number of aryl methyl sites for hydroxylation is 2. The third kappa shape index (κ3) is 6.47. The molecule has 0 unspecified atom stereocenters. The summed E-state index contributed by atoms with van der Waals surface area (Å²) < 4.78 is 10.7. The van der Waals surface area contributed by atoms with Gasteiger partial charge in [0, 0.05) is 11.4 Å². The smallest absolute Gasteiger partial charge is 0.261 e. The number of methoxy groups -OCH3 is 1. The number of hydrogen-bond donors (Lipinski definition) is 2. The fourth-order valence-corrected chi connectivity index (χ4v) is 3.07. The van der Waals surface area contributed by atoms with Crippen LogP contribution < -0.4 is 20.1 Å². The zero-order valence-electron chi connectivity index (χ0n) is 19.2. The van der Waals surface area contributed by atoms with E-state index in [1.807, 2.05) is 44.2 Å². The third-order valence-electron chi connectivity index (χ3n) is 4.90. The molecule has 0 heterocycles. The quantitative estimate of drug-likeness (QED) is 0.287. The molecule has 3 rings (SSSR count). The van der Waals surface area contributed by atoms with E-state index in [0.29, 0.717) is 28.4 Å². The number of nitriles is 1. The number of benzene rings is 3. The number of nitrogens with one attached hydrogen (secondary N) is 2. The second kappa shape index (κ2) is 11.3. The maximum absolute atomic E-state index is 13.1. The van der Waals surface area contributed by atoms with E-state index >= 15 is 0 Å². The maximum Gasteiger partial charge on any atom is 0.261 e. The van der Waals surface area contributed by atoms with Crippen molar-refractivity contribution in [3.63, 3.8) is 0 Å². The van der Waals surface area contributed by atoms with Gasteiger partial charge >= 0.3 is 0 Å². The summed E-state index contributed by atoms with van der Waals surface area (Å²) in [4.78, 5) is 26.2. The van der Waals surface area contributed by atoms with Crippen LogP contribution in [0.5, 0.6) is 11.5 Å². The van der Waals surface area contributed by atoms with Gasteiger partial charge in [0.25, 0.3) is 11.8 Å². The van der Waals surface area contributed by atoms with E-state index in [9.17, 15) is 9.59 Å². The second-order valence-electron chi connectivity index (χ2n) is 7.56. The predicted molar refractivity (Wildman–Crippen MR) is 132 cm³/mol. The fraction of sp³-hybridized carbons (Fsp3) is 0.148. The minimum Gasteiger partial charge on any atom is -0.493 e. The summed E-state index contributed by atoms with van der Waals surface area (Å²) in [6.45, 7) is 3.77. The molecule has 172 valence electrons. The molecule has 0 aliphatic heterocycles. The van der Waals surface area contributed by atoms with Crippen molar-refractivity contribution in [3.8, 4) is 17.6 Å². The van der Waals surface area contributed by atoms with Gasteiger partial charge in [0.15, 0.2) is 18.1 Å². The number of nitrogens with zero attached hydrogens (tertiary/aromatic N) is 1. The van der Waals surface area contributed by atoms with Crippen molar-refractivity contribution in [1.82, 2.24) is 0 Å². The molecule has 0 radical (unpaired) electrons. The van der Waals surface area contributed by atoms with E-state index in [0.717, 1.165) is 11.1 Å². The molecular formula is C27H25N3O4. The summed E-state index contributed by atoms with van der Waals surface area (Å²) in [5, 5.41) is 14.3. The zero-order valence-corrected chi connectivity index (χ0v) is 19.2. The topological polar surface area (TPSA) is 100 Å². The Morgan fingerprint density at radius 2 is 1.38 bits per heavy atom. The number of ether oxygens (including phenoxy) is 2. The van der Waals surface area contributed by atoms with Crippen molar-refractivity contribution in [2.75, 3.05) is 24.4 Å². The molecule has 0 bridgehead atoms. The summed E-state index contributed by atoms with van der Waals surface area (Å²) in [7, 11) is 1.47. The first kappa shape index (κ1) is 24.1. The summed E-state index contributed by atoms with van der Waals surface area (Å²) in [6, 6.07) is 21.4. The van der Waals surface area contributed by atoms with E-state index in [-0.39, 0.29) is 12.2 Å². The van der Waals surface area contributed by atoms with Crippen LogP contribution in [0.3, 0.4) is 0 Å². The number of amides is 2. The van der Waals surface area contributed by atoms with Crippen LogP contribution in [0, 0.1) is 25.2 Å². The standard InChI is InChI=1S/C27H25N3O4/c1-18-4-9-21(10-5-18)29-26(31)23(27(32)30-22-11-6-19(2)7-12-22)16-20-8-13-24(34-15-14-28)25(17-20)33-3/h4-13,16-17H,15H2,1-3H3,(H,29,31)(H,30,32). The van der Waals surface area contributed by atoms with Crippen LogP contribution in [0.2, 0.25) is 0 Å². The molecule has 0 aromatic heterocycles. The van der Waals surface area contributed by atoms with Crippen molar-refractivity contribution in [2.45, 2.75) is 13.8 Å². The number of rotatable bonds is 8. The Kier molecular flexibility index (Phi) is 8.03. The van der Waals surface area contributed by atoms with Crippen LogP contribution in [0.25, 0.3) is 6.08 Å². The van der Waals surface area contributed by atoms with Gasteiger partial charge in [-0.1, -0.05) is 41.5 Å². The molecule has 7 heteroatoms. The largest absolute Gasteiger partial charge is 0.493 e. The predicted octanol–water partition coefficient (Wildman–Crippen LogP) is 4.88. The minimum atomic E-state index is -0.558. The molecule has 3 aromatic carbocycles. The molecule has 0 aliphatic rings. The summed E-state index contributed by atoms with van der Waals surface area (Å²) in [6.07, 6.45) is 1.48. The first-order valence-electron chi connectivity index (χ1n) is 10.5. The number of hydrogen-bond acceptors (Lipinski definition) is 5.